The number of carboxylic acid groups (broad SMARTS) is 1. The van der Waals surface area contributed by atoms with Crippen LogP contribution >= 0.6 is 0 Å². The van der Waals surface area contributed by atoms with Gasteiger partial charge in [0.1, 0.15) is 0 Å². The molecule has 4 heteroatoms. The topological polar surface area (TPSA) is 83.5 Å². The molecule has 4 nitrogen and oxygen atoms in total. The Morgan fingerprint density at radius 2 is 1.79 bits per heavy atom. The van der Waals surface area contributed by atoms with Gasteiger partial charge in [0.25, 0.3) is 0 Å². The highest BCUT2D eigenvalue weighted by molar-refractivity contribution is 5.66. The highest BCUT2D eigenvalue weighted by atomic mass is 16.4. The summed E-state index contributed by atoms with van der Waals surface area (Å²) in [6.45, 7) is 5.73. The predicted molar refractivity (Wildman–Crippen MR) is 57.1 cm³/mol. The summed E-state index contributed by atoms with van der Waals surface area (Å²) in [6.07, 6.45) is 3.28. The summed E-state index contributed by atoms with van der Waals surface area (Å²) >= 11 is 0. The fourth-order valence-electron chi connectivity index (χ4n) is 0.526. The van der Waals surface area contributed by atoms with Gasteiger partial charge in [-0.15, -0.1) is 0 Å². The highest BCUT2D eigenvalue weighted by Crippen LogP contribution is 1.97. The van der Waals surface area contributed by atoms with Gasteiger partial charge in [0.15, 0.2) is 0 Å². The number of aliphatic carboxylic acids is 1. The molecule has 4 N–H and O–H groups in total. The van der Waals surface area contributed by atoms with E-state index in [9.17, 15) is 4.79 Å². The molecule has 0 atom stereocenters. The SMILES string of the molecule is CC(C)(O)CN.CCCCCC(=O)O. The molecule has 0 aromatic rings. The molecule has 0 amide bonds. The Hall–Kier alpha value is -0.610. The van der Waals surface area contributed by atoms with E-state index in [1.807, 2.05) is 0 Å². The summed E-state index contributed by atoms with van der Waals surface area (Å²) in [5, 5.41) is 16.8. The second-order valence-electron chi connectivity index (χ2n) is 3.87. The number of rotatable bonds is 5. The van der Waals surface area contributed by atoms with Crippen molar-refractivity contribution in [1.29, 1.82) is 0 Å². The molecule has 0 bridgehead atoms. The van der Waals surface area contributed by atoms with Crippen LogP contribution in [0.4, 0.5) is 0 Å². The van der Waals surface area contributed by atoms with Gasteiger partial charge in [-0.3, -0.25) is 4.79 Å². The molecule has 0 rings (SSSR count). The fraction of sp³-hybridized carbons (Fsp3) is 0.900. The number of aliphatic hydroxyl groups is 1. The molecule has 0 aliphatic heterocycles. The average molecular weight is 205 g/mol. The van der Waals surface area contributed by atoms with Crippen LogP contribution in [0.5, 0.6) is 0 Å². The van der Waals surface area contributed by atoms with Crippen molar-refractivity contribution in [1.82, 2.24) is 0 Å². The summed E-state index contributed by atoms with van der Waals surface area (Å²) in [7, 11) is 0. The van der Waals surface area contributed by atoms with Crippen molar-refractivity contribution in [3.63, 3.8) is 0 Å². The maximum Gasteiger partial charge on any atom is 0.303 e. The Kier molecular flexibility index (Phi) is 10.1. The van der Waals surface area contributed by atoms with E-state index in [0.717, 1.165) is 19.3 Å². The van der Waals surface area contributed by atoms with Crippen molar-refractivity contribution in [3.05, 3.63) is 0 Å². The lowest BCUT2D eigenvalue weighted by Crippen LogP contribution is -2.29. The lowest BCUT2D eigenvalue weighted by Gasteiger charge is -2.11. The molecule has 0 aromatic carbocycles. The third-order valence-corrected chi connectivity index (χ3v) is 1.49. The lowest BCUT2D eigenvalue weighted by molar-refractivity contribution is -0.137. The van der Waals surface area contributed by atoms with Crippen molar-refractivity contribution in [3.8, 4) is 0 Å². The van der Waals surface area contributed by atoms with Crippen LogP contribution in [0.2, 0.25) is 0 Å². The van der Waals surface area contributed by atoms with E-state index in [2.05, 4.69) is 6.92 Å². The number of carbonyl (C=O) groups is 1. The normalized spacial score (nSPS) is 10.4. The van der Waals surface area contributed by atoms with Crippen LogP contribution in [-0.2, 0) is 4.79 Å². The third-order valence-electron chi connectivity index (χ3n) is 1.49. The minimum Gasteiger partial charge on any atom is -0.481 e. The largest absolute Gasteiger partial charge is 0.481 e. The Balaban J connectivity index is 0. The van der Waals surface area contributed by atoms with E-state index in [0.29, 0.717) is 13.0 Å². The van der Waals surface area contributed by atoms with Gasteiger partial charge >= 0.3 is 5.97 Å². The van der Waals surface area contributed by atoms with Gasteiger partial charge in [0, 0.05) is 13.0 Å². The van der Waals surface area contributed by atoms with Crippen LogP contribution in [0.3, 0.4) is 0 Å². The van der Waals surface area contributed by atoms with E-state index >= 15 is 0 Å². The second kappa shape index (κ2) is 8.97. The molecule has 0 saturated carbocycles. The maximum atomic E-state index is 9.87. The van der Waals surface area contributed by atoms with Crippen LogP contribution < -0.4 is 5.73 Å². The quantitative estimate of drug-likeness (QED) is 0.592. The smallest absolute Gasteiger partial charge is 0.303 e. The van der Waals surface area contributed by atoms with Crippen molar-refractivity contribution in [2.75, 3.05) is 6.54 Å². The van der Waals surface area contributed by atoms with Gasteiger partial charge in [-0.05, 0) is 20.3 Å². The highest BCUT2D eigenvalue weighted by Gasteiger charge is 2.06. The number of hydrogen-bond acceptors (Lipinski definition) is 3. The van der Waals surface area contributed by atoms with Gasteiger partial charge in [-0.25, -0.2) is 0 Å². The number of unbranched alkanes of at least 4 members (excludes halogenated alkanes) is 2. The van der Waals surface area contributed by atoms with Crippen molar-refractivity contribution >= 4 is 5.97 Å². The molecule has 0 radical (unpaired) electrons. The number of nitrogens with two attached hydrogens (primary N) is 1. The molecule has 0 aliphatic carbocycles. The lowest BCUT2D eigenvalue weighted by atomic mass is 10.1. The first-order chi connectivity index (χ1) is 6.33. The molecular formula is C10H23NO3. The number of hydrogen-bond donors (Lipinski definition) is 3. The van der Waals surface area contributed by atoms with Gasteiger partial charge in [-0.1, -0.05) is 19.8 Å². The van der Waals surface area contributed by atoms with Gasteiger partial charge in [-0.2, -0.15) is 0 Å². The van der Waals surface area contributed by atoms with E-state index in [-0.39, 0.29) is 0 Å². The maximum absolute atomic E-state index is 9.87. The standard InChI is InChI=1S/C6H12O2.C4H11NO/c1-2-3-4-5-6(7)8;1-4(2,6)3-5/h2-5H2,1H3,(H,7,8);6H,3,5H2,1-2H3. The molecule has 0 unspecified atom stereocenters. The van der Waals surface area contributed by atoms with Gasteiger partial charge in [0.05, 0.1) is 5.60 Å². The summed E-state index contributed by atoms with van der Waals surface area (Å²) in [5.74, 6) is -0.682. The molecule has 0 heterocycles. The van der Waals surface area contributed by atoms with E-state index in [1.54, 1.807) is 13.8 Å². The van der Waals surface area contributed by atoms with E-state index in [4.69, 9.17) is 15.9 Å². The third kappa shape index (κ3) is 22.5. The first kappa shape index (κ1) is 15.8. The van der Waals surface area contributed by atoms with Gasteiger partial charge < -0.3 is 15.9 Å². The zero-order valence-electron chi connectivity index (χ0n) is 9.42. The molecular weight excluding hydrogens is 182 g/mol. The van der Waals surface area contributed by atoms with Crippen LogP contribution in [-0.4, -0.2) is 28.3 Å². The Morgan fingerprint density at radius 3 is 2.00 bits per heavy atom. The first-order valence-electron chi connectivity index (χ1n) is 4.97. The second-order valence-corrected chi connectivity index (χ2v) is 3.87. The predicted octanol–water partition coefficient (Wildman–Crippen LogP) is 1.37. The summed E-state index contributed by atoms with van der Waals surface area (Å²) < 4.78 is 0. The molecule has 0 spiro atoms. The minimum atomic E-state index is -0.682. The molecule has 0 aliphatic rings. The Labute approximate surface area is 86.1 Å². The monoisotopic (exact) mass is 205 g/mol. The molecule has 0 fully saturated rings. The van der Waals surface area contributed by atoms with Crippen molar-refractivity contribution < 1.29 is 15.0 Å². The molecule has 86 valence electrons. The Bertz CT molecular complexity index is 141. The van der Waals surface area contributed by atoms with Crippen LogP contribution in [0.25, 0.3) is 0 Å². The molecule has 0 saturated heterocycles. The van der Waals surface area contributed by atoms with Crippen molar-refractivity contribution in [2.24, 2.45) is 5.73 Å². The van der Waals surface area contributed by atoms with Crippen molar-refractivity contribution in [2.45, 2.75) is 52.1 Å². The minimum absolute atomic E-state index is 0.326. The fourth-order valence-corrected chi connectivity index (χ4v) is 0.526. The zero-order chi connectivity index (χ0) is 11.6. The molecule has 0 aromatic heterocycles. The van der Waals surface area contributed by atoms with E-state index < -0.39 is 11.6 Å². The average Bonchev–Trinajstić information content (AvgIpc) is 2.04. The first-order valence-corrected chi connectivity index (χ1v) is 4.97. The van der Waals surface area contributed by atoms with Crippen LogP contribution in [0.15, 0.2) is 0 Å². The zero-order valence-corrected chi connectivity index (χ0v) is 9.42. The summed E-state index contributed by atoms with van der Waals surface area (Å²) in [5.41, 5.74) is 4.38. The van der Waals surface area contributed by atoms with Crippen LogP contribution in [0, 0.1) is 0 Å². The van der Waals surface area contributed by atoms with Gasteiger partial charge in [0.2, 0.25) is 0 Å². The number of carboxylic acids is 1. The Morgan fingerprint density at radius 1 is 1.36 bits per heavy atom. The van der Waals surface area contributed by atoms with Crippen LogP contribution in [0.1, 0.15) is 46.5 Å². The van der Waals surface area contributed by atoms with E-state index in [1.165, 1.54) is 0 Å². The summed E-state index contributed by atoms with van der Waals surface area (Å²) in [6, 6.07) is 0. The summed E-state index contributed by atoms with van der Waals surface area (Å²) in [4.78, 5) is 9.87. The molecule has 14 heavy (non-hydrogen) atoms.